The van der Waals surface area contributed by atoms with Gasteiger partial charge in [0.2, 0.25) is 0 Å². The molecular weight excluding hydrogens is 408 g/mol. The topological polar surface area (TPSA) is 43.8 Å². The van der Waals surface area contributed by atoms with Gasteiger partial charge in [-0.2, -0.15) is 0 Å². The zero-order valence-corrected chi connectivity index (χ0v) is 22.1. The van der Waals surface area contributed by atoms with Gasteiger partial charge in [0.1, 0.15) is 5.60 Å². The second-order valence-electron chi connectivity index (χ2n) is 13.2. The van der Waals surface area contributed by atoms with Crippen molar-refractivity contribution in [3.63, 3.8) is 0 Å². The molecule has 5 rings (SSSR count). The highest BCUT2D eigenvalue weighted by Gasteiger charge is 2.64. The number of hydrogen-bond donors (Lipinski definition) is 1. The van der Waals surface area contributed by atoms with E-state index in [1.54, 1.807) is 12.5 Å². The first-order chi connectivity index (χ1) is 15.5. The summed E-state index contributed by atoms with van der Waals surface area (Å²) in [5, 5.41) is 10.7. The van der Waals surface area contributed by atoms with E-state index in [9.17, 15) is 9.90 Å². The number of carbonyl (C=O) groups is 1. The van der Waals surface area contributed by atoms with Gasteiger partial charge in [0, 0.05) is 25.7 Å². The molecule has 5 aliphatic rings. The Labute approximate surface area is 202 Å². The summed E-state index contributed by atoms with van der Waals surface area (Å²) in [6.45, 7) is 10.1. The number of allylic oxidation sites excluding steroid dienone is 1. The molecule has 33 heavy (non-hydrogen) atoms. The summed E-state index contributed by atoms with van der Waals surface area (Å²) in [6, 6.07) is 0.983. The third-order valence-electron chi connectivity index (χ3n) is 11.7. The normalized spacial score (nSPS) is 46.5. The number of hydrogen-bond acceptors (Lipinski definition) is 3. The number of carbonyl (C=O) groups excluding carboxylic acids is 1. The maximum absolute atomic E-state index is 13.1. The number of amides is 1. The van der Waals surface area contributed by atoms with Crippen molar-refractivity contribution in [1.29, 1.82) is 0 Å². The third kappa shape index (κ3) is 3.40. The monoisotopic (exact) mass is 456 g/mol. The van der Waals surface area contributed by atoms with Crippen LogP contribution in [-0.4, -0.2) is 59.1 Å². The van der Waals surface area contributed by atoms with E-state index in [0.717, 1.165) is 49.0 Å². The van der Waals surface area contributed by atoms with Crippen molar-refractivity contribution >= 4 is 5.91 Å². The van der Waals surface area contributed by atoms with Gasteiger partial charge >= 0.3 is 0 Å². The summed E-state index contributed by atoms with van der Waals surface area (Å²) in [5.41, 5.74) is 1.28. The third-order valence-corrected chi connectivity index (χ3v) is 11.7. The Balaban J connectivity index is 1.34. The molecule has 4 heteroatoms. The highest BCUT2D eigenvalue weighted by atomic mass is 16.3. The van der Waals surface area contributed by atoms with Crippen LogP contribution in [0.25, 0.3) is 0 Å². The van der Waals surface area contributed by atoms with E-state index in [1.165, 1.54) is 45.1 Å². The molecule has 0 aromatic carbocycles. The van der Waals surface area contributed by atoms with Gasteiger partial charge in [0.25, 0.3) is 5.91 Å². The SMILES string of the molecule is CCCC(C)(O)C(=O)N(C)C1CCC2(C)C(=CCC3C2CCC24CN(C)C(C)C2CCC34)C1. The smallest absolute Gasteiger partial charge is 0.254 e. The molecule has 9 unspecified atom stereocenters. The Morgan fingerprint density at radius 3 is 2.67 bits per heavy atom. The van der Waals surface area contributed by atoms with Crippen LogP contribution in [0.5, 0.6) is 0 Å². The average molecular weight is 457 g/mol. The van der Waals surface area contributed by atoms with Gasteiger partial charge in [-0.15, -0.1) is 0 Å². The Morgan fingerprint density at radius 2 is 1.94 bits per heavy atom. The lowest BCUT2D eigenvalue weighted by Gasteiger charge is -2.58. The molecule has 0 aromatic heterocycles. The fourth-order valence-corrected chi connectivity index (χ4v) is 9.91. The minimum absolute atomic E-state index is 0.0942. The van der Waals surface area contributed by atoms with Crippen LogP contribution in [-0.2, 0) is 4.79 Å². The first kappa shape index (κ1) is 23.9. The molecule has 0 radical (unpaired) electrons. The summed E-state index contributed by atoms with van der Waals surface area (Å²) in [7, 11) is 4.28. The number of fused-ring (bicyclic) bond motifs is 4. The predicted octanol–water partition coefficient (Wildman–Crippen LogP) is 5.26. The summed E-state index contributed by atoms with van der Waals surface area (Å²) in [5.74, 6) is 3.41. The van der Waals surface area contributed by atoms with Gasteiger partial charge in [-0.3, -0.25) is 4.79 Å². The Morgan fingerprint density at radius 1 is 1.21 bits per heavy atom. The predicted molar refractivity (Wildman–Crippen MR) is 134 cm³/mol. The van der Waals surface area contributed by atoms with E-state index in [4.69, 9.17) is 0 Å². The number of aliphatic hydroxyl groups is 1. The molecule has 186 valence electrons. The van der Waals surface area contributed by atoms with Gasteiger partial charge in [-0.05, 0) is 113 Å². The first-order valence-electron chi connectivity index (χ1n) is 13.9. The van der Waals surface area contributed by atoms with Crippen LogP contribution in [0, 0.1) is 34.5 Å². The van der Waals surface area contributed by atoms with E-state index in [0.29, 0.717) is 17.3 Å². The molecule has 1 heterocycles. The summed E-state index contributed by atoms with van der Waals surface area (Å²) >= 11 is 0. The van der Waals surface area contributed by atoms with Gasteiger partial charge in [0.05, 0.1) is 0 Å². The van der Waals surface area contributed by atoms with Gasteiger partial charge in [-0.25, -0.2) is 0 Å². The van der Waals surface area contributed by atoms with Crippen molar-refractivity contribution in [3.8, 4) is 0 Å². The lowest BCUT2D eigenvalue weighted by molar-refractivity contribution is -0.152. The minimum Gasteiger partial charge on any atom is -0.380 e. The first-order valence-corrected chi connectivity index (χ1v) is 13.9. The van der Waals surface area contributed by atoms with Crippen LogP contribution in [0.2, 0.25) is 0 Å². The van der Waals surface area contributed by atoms with Crippen molar-refractivity contribution < 1.29 is 9.90 Å². The molecule has 0 aromatic rings. The van der Waals surface area contributed by atoms with Gasteiger partial charge in [0.15, 0.2) is 0 Å². The van der Waals surface area contributed by atoms with E-state index in [1.807, 2.05) is 18.9 Å². The molecule has 1 amide bonds. The molecule has 4 aliphatic carbocycles. The Kier molecular flexibility index (Phi) is 5.84. The molecule has 4 fully saturated rings. The summed E-state index contributed by atoms with van der Waals surface area (Å²) in [4.78, 5) is 17.6. The van der Waals surface area contributed by atoms with Crippen LogP contribution >= 0.6 is 0 Å². The summed E-state index contributed by atoms with van der Waals surface area (Å²) < 4.78 is 0. The second kappa shape index (κ2) is 8.08. The highest BCUT2D eigenvalue weighted by Crippen LogP contribution is 2.68. The molecule has 0 bridgehead atoms. The molecular formula is C29H48N2O2. The molecule has 1 N–H and O–H groups in total. The maximum Gasteiger partial charge on any atom is 0.254 e. The fourth-order valence-electron chi connectivity index (χ4n) is 9.91. The largest absolute Gasteiger partial charge is 0.380 e. The minimum atomic E-state index is -1.24. The Hall–Kier alpha value is -0.870. The standard InChI is InChI=1S/C29H48N2O2/c1-7-14-28(4,33)26(32)31(6)21-12-15-27(3)20(17-21)8-9-22-24(27)13-16-29-18-30(5)19(2)23(29)10-11-25(22)29/h8,19,21-25,33H,7,9-18H2,1-6H3. The average Bonchev–Trinajstić information content (AvgIpc) is 3.26. The Bertz CT molecular complexity index is 820. The van der Waals surface area contributed by atoms with Crippen LogP contribution in [0.15, 0.2) is 11.6 Å². The molecule has 9 atom stereocenters. The quantitative estimate of drug-likeness (QED) is 0.587. The molecule has 1 spiro atoms. The lowest BCUT2D eigenvalue weighted by atomic mass is 9.47. The maximum atomic E-state index is 13.1. The number of rotatable bonds is 4. The van der Waals surface area contributed by atoms with Crippen molar-refractivity contribution in [2.45, 2.75) is 110 Å². The summed E-state index contributed by atoms with van der Waals surface area (Å²) in [6.07, 6.45) is 14.2. The molecule has 4 nitrogen and oxygen atoms in total. The van der Waals surface area contributed by atoms with Crippen LogP contribution in [0.3, 0.4) is 0 Å². The van der Waals surface area contributed by atoms with E-state index >= 15 is 0 Å². The van der Waals surface area contributed by atoms with Gasteiger partial charge < -0.3 is 14.9 Å². The fraction of sp³-hybridized carbons (Fsp3) is 0.897. The molecule has 1 saturated heterocycles. The van der Waals surface area contributed by atoms with Crippen molar-refractivity contribution in [3.05, 3.63) is 11.6 Å². The van der Waals surface area contributed by atoms with Crippen LogP contribution in [0.4, 0.5) is 0 Å². The highest BCUT2D eigenvalue weighted by molar-refractivity contribution is 5.84. The lowest BCUT2D eigenvalue weighted by Crippen LogP contribution is -2.54. The molecule has 3 saturated carbocycles. The van der Waals surface area contributed by atoms with Crippen LogP contribution in [0.1, 0.15) is 91.9 Å². The van der Waals surface area contributed by atoms with Crippen molar-refractivity contribution in [2.24, 2.45) is 34.5 Å². The van der Waals surface area contributed by atoms with E-state index < -0.39 is 5.60 Å². The zero-order valence-electron chi connectivity index (χ0n) is 22.1. The zero-order chi connectivity index (χ0) is 23.8. The number of nitrogens with zero attached hydrogens (tertiary/aromatic N) is 2. The second-order valence-corrected chi connectivity index (χ2v) is 13.2. The number of likely N-dealkylation sites (tertiary alicyclic amines) is 1. The van der Waals surface area contributed by atoms with Gasteiger partial charge in [-0.1, -0.05) is 31.9 Å². The van der Waals surface area contributed by atoms with Crippen molar-refractivity contribution in [1.82, 2.24) is 9.80 Å². The van der Waals surface area contributed by atoms with E-state index in [2.05, 4.69) is 31.9 Å². The molecule has 1 aliphatic heterocycles. The number of likely N-dealkylation sites (N-methyl/N-ethyl adjacent to an activating group) is 1. The van der Waals surface area contributed by atoms with Crippen LogP contribution < -0.4 is 0 Å². The van der Waals surface area contributed by atoms with E-state index in [-0.39, 0.29) is 11.9 Å². The van der Waals surface area contributed by atoms with Crippen molar-refractivity contribution in [2.75, 3.05) is 20.6 Å².